The van der Waals surface area contributed by atoms with E-state index in [1.807, 2.05) is 47.0 Å². The topological polar surface area (TPSA) is 73.3 Å². The van der Waals surface area contributed by atoms with E-state index in [9.17, 15) is 5.11 Å². The molecule has 0 spiro atoms. The second-order valence-corrected chi connectivity index (χ2v) is 4.83. The van der Waals surface area contributed by atoms with Crippen molar-refractivity contribution >= 4 is 16.7 Å². The predicted molar refractivity (Wildman–Crippen MR) is 82.1 cm³/mol. The van der Waals surface area contributed by atoms with Gasteiger partial charge in [0.1, 0.15) is 12.4 Å². The molecule has 0 bridgehead atoms. The zero-order valence-corrected chi connectivity index (χ0v) is 11.8. The molecule has 0 unspecified atom stereocenters. The summed E-state index contributed by atoms with van der Waals surface area (Å²) in [5.41, 5.74) is 10.1. The molecule has 3 N–H and O–H groups in total. The van der Waals surface area contributed by atoms with Gasteiger partial charge in [-0.3, -0.25) is 4.57 Å². The molecule has 2 aromatic carbocycles. The molecule has 5 heteroatoms. The lowest BCUT2D eigenvalue weighted by Gasteiger charge is -2.13. The SMILES string of the molecule is COCc1ccccc1-n1c(CO)nc2cc(N)ccc21. The van der Waals surface area contributed by atoms with E-state index in [1.165, 1.54) is 0 Å². The molecule has 0 saturated carbocycles. The van der Waals surface area contributed by atoms with Gasteiger partial charge in [-0.2, -0.15) is 0 Å². The lowest BCUT2D eigenvalue weighted by Crippen LogP contribution is -2.05. The maximum Gasteiger partial charge on any atom is 0.140 e. The van der Waals surface area contributed by atoms with E-state index in [4.69, 9.17) is 10.5 Å². The van der Waals surface area contributed by atoms with Gasteiger partial charge >= 0.3 is 0 Å². The van der Waals surface area contributed by atoms with Crippen molar-refractivity contribution in [3.8, 4) is 5.69 Å². The van der Waals surface area contributed by atoms with Crippen molar-refractivity contribution in [2.45, 2.75) is 13.2 Å². The van der Waals surface area contributed by atoms with Crippen molar-refractivity contribution in [1.82, 2.24) is 9.55 Å². The number of nitrogens with zero attached hydrogens (tertiary/aromatic N) is 2. The standard InChI is InChI=1S/C16H17N3O2/c1-21-10-11-4-2-3-5-14(11)19-15-7-6-12(17)8-13(15)18-16(19)9-20/h2-8,20H,9-10,17H2,1H3. The van der Waals surface area contributed by atoms with Crippen LogP contribution in [-0.4, -0.2) is 21.8 Å². The van der Waals surface area contributed by atoms with Crippen LogP contribution in [0.15, 0.2) is 42.5 Å². The lowest BCUT2D eigenvalue weighted by atomic mass is 10.1. The fraction of sp³-hybridized carbons (Fsp3) is 0.188. The monoisotopic (exact) mass is 283 g/mol. The van der Waals surface area contributed by atoms with Crippen LogP contribution in [0.1, 0.15) is 11.4 Å². The van der Waals surface area contributed by atoms with Crippen molar-refractivity contribution in [2.75, 3.05) is 12.8 Å². The average Bonchev–Trinajstić information content (AvgIpc) is 2.85. The Balaban J connectivity index is 2.29. The van der Waals surface area contributed by atoms with Gasteiger partial charge in [0.05, 0.1) is 23.3 Å². The van der Waals surface area contributed by atoms with Crippen LogP contribution in [0, 0.1) is 0 Å². The van der Waals surface area contributed by atoms with Crippen LogP contribution >= 0.6 is 0 Å². The fourth-order valence-corrected chi connectivity index (χ4v) is 2.53. The number of imidazole rings is 1. The van der Waals surface area contributed by atoms with Crippen molar-refractivity contribution < 1.29 is 9.84 Å². The number of aliphatic hydroxyl groups is 1. The summed E-state index contributed by atoms with van der Waals surface area (Å²) in [6.07, 6.45) is 0. The Bertz CT molecular complexity index is 780. The molecule has 1 aromatic heterocycles. The largest absolute Gasteiger partial charge is 0.399 e. The maximum atomic E-state index is 9.63. The van der Waals surface area contributed by atoms with Crippen LogP contribution in [0.2, 0.25) is 0 Å². The van der Waals surface area contributed by atoms with Crippen molar-refractivity contribution in [3.05, 3.63) is 53.9 Å². The number of methoxy groups -OCH3 is 1. The van der Waals surface area contributed by atoms with Gasteiger partial charge in [0, 0.05) is 18.4 Å². The number of fused-ring (bicyclic) bond motifs is 1. The Morgan fingerprint density at radius 1 is 1.24 bits per heavy atom. The summed E-state index contributed by atoms with van der Waals surface area (Å²) in [5.74, 6) is 0.583. The molecule has 0 aliphatic heterocycles. The van der Waals surface area contributed by atoms with Gasteiger partial charge in [0.15, 0.2) is 0 Å². The molecule has 0 radical (unpaired) electrons. The number of aliphatic hydroxyl groups excluding tert-OH is 1. The summed E-state index contributed by atoms with van der Waals surface area (Å²) in [6, 6.07) is 13.5. The highest BCUT2D eigenvalue weighted by Crippen LogP contribution is 2.26. The van der Waals surface area contributed by atoms with E-state index < -0.39 is 0 Å². The van der Waals surface area contributed by atoms with Crippen LogP contribution in [-0.2, 0) is 18.0 Å². The van der Waals surface area contributed by atoms with E-state index in [-0.39, 0.29) is 6.61 Å². The summed E-state index contributed by atoms with van der Waals surface area (Å²) in [6.45, 7) is 0.353. The van der Waals surface area contributed by atoms with Gasteiger partial charge in [-0.1, -0.05) is 18.2 Å². The zero-order chi connectivity index (χ0) is 14.8. The Morgan fingerprint density at radius 2 is 2.05 bits per heavy atom. The summed E-state index contributed by atoms with van der Waals surface area (Å²) in [5, 5.41) is 9.63. The van der Waals surface area contributed by atoms with Crippen LogP contribution in [0.3, 0.4) is 0 Å². The van der Waals surface area contributed by atoms with Gasteiger partial charge in [-0.15, -0.1) is 0 Å². The number of nitrogen functional groups attached to an aromatic ring is 1. The second-order valence-electron chi connectivity index (χ2n) is 4.83. The van der Waals surface area contributed by atoms with Crippen molar-refractivity contribution in [1.29, 1.82) is 0 Å². The quantitative estimate of drug-likeness (QED) is 0.720. The van der Waals surface area contributed by atoms with E-state index in [2.05, 4.69) is 4.98 Å². The fourth-order valence-electron chi connectivity index (χ4n) is 2.53. The molecule has 5 nitrogen and oxygen atoms in total. The number of hydrogen-bond donors (Lipinski definition) is 2. The van der Waals surface area contributed by atoms with Gasteiger partial charge in [-0.25, -0.2) is 4.98 Å². The van der Waals surface area contributed by atoms with Crippen LogP contribution < -0.4 is 5.73 Å². The molecule has 0 amide bonds. The highest BCUT2D eigenvalue weighted by Gasteiger charge is 2.14. The highest BCUT2D eigenvalue weighted by atomic mass is 16.5. The van der Waals surface area contributed by atoms with Gasteiger partial charge < -0.3 is 15.6 Å². The van der Waals surface area contributed by atoms with Gasteiger partial charge in [-0.05, 0) is 24.3 Å². The third-order valence-corrected chi connectivity index (χ3v) is 3.42. The van der Waals surface area contributed by atoms with Crippen LogP contribution in [0.25, 0.3) is 16.7 Å². The number of nitrogens with two attached hydrogens (primary N) is 1. The van der Waals surface area contributed by atoms with Gasteiger partial charge in [0.25, 0.3) is 0 Å². The first-order chi connectivity index (χ1) is 10.2. The third kappa shape index (κ3) is 2.37. The summed E-state index contributed by atoms with van der Waals surface area (Å²) < 4.78 is 7.20. The first-order valence-electron chi connectivity index (χ1n) is 6.69. The van der Waals surface area contributed by atoms with Crippen molar-refractivity contribution in [2.24, 2.45) is 0 Å². The Morgan fingerprint density at radius 3 is 2.81 bits per heavy atom. The van der Waals surface area contributed by atoms with E-state index in [0.29, 0.717) is 18.1 Å². The molecule has 21 heavy (non-hydrogen) atoms. The number of aromatic nitrogens is 2. The normalized spacial score (nSPS) is 11.1. The van der Waals surface area contributed by atoms with Crippen molar-refractivity contribution in [3.63, 3.8) is 0 Å². The van der Waals surface area contributed by atoms with Crippen LogP contribution in [0.4, 0.5) is 5.69 Å². The number of anilines is 1. The molecule has 0 aliphatic carbocycles. The Hall–Kier alpha value is -2.37. The molecular weight excluding hydrogens is 266 g/mol. The van der Waals surface area contributed by atoms with Crippen LogP contribution in [0.5, 0.6) is 0 Å². The maximum absolute atomic E-state index is 9.63. The zero-order valence-electron chi connectivity index (χ0n) is 11.8. The van der Waals surface area contributed by atoms with Gasteiger partial charge in [0.2, 0.25) is 0 Å². The molecule has 1 heterocycles. The predicted octanol–water partition coefficient (Wildman–Crippen LogP) is 2.25. The summed E-state index contributed by atoms with van der Waals surface area (Å²) >= 11 is 0. The Kier molecular flexibility index (Phi) is 3.60. The molecule has 0 fully saturated rings. The number of hydrogen-bond acceptors (Lipinski definition) is 4. The van der Waals surface area contributed by atoms with E-state index in [1.54, 1.807) is 7.11 Å². The summed E-state index contributed by atoms with van der Waals surface area (Å²) in [4.78, 5) is 4.46. The first kappa shape index (κ1) is 13.6. The molecule has 0 aliphatic rings. The summed E-state index contributed by atoms with van der Waals surface area (Å²) in [7, 11) is 1.66. The number of rotatable bonds is 4. The molecular formula is C16H17N3O2. The minimum Gasteiger partial charge on any atom is -0.399 e. The molecule has 0 saturated heterocycles. The first-order valence-corrected chi connectivity index (χ1v) is 6.69. The van der Waals surface area contributed by atoms with E-state index in [0.717, 1.165) is 22.3 Å². The minimum atomic E-state index is -0.143. The molecule has 0 atom stereocenters. The number of para-hydroxylation sites is 1. The number of ether oxygens (including phenoxy) is 1. The highest BCUT2D eigenvalue weighted by molar-refractivity contribution is 5.81. The van der Waals surface area contributed by atoms with E-state index >= 15 is 0 Å². The smallest absolute Gasteiger partial charge is 0.140 e. The number of benzene rings is 2. The molecule has 3 rings (SSSR count). The molecule has 3 aromatic rings. The Labute approximate surface area is 122 Å². The molecule has 108 valence electrons. The minimum absolute atomic E-state index is 0.143. The second kappa shape index (κ2) is 5.55. The average molecular weight is 283 g/mol. The third-order valence-electron chi connectivity index (χ3n) is 3.42. The lowest BCUT2D eigenvalue weighted by molar-refractivity contribution is 0.184.